The van der Waals surface area contributed by atoms with Crippen LogP contribution >= 0.6 is 27.5 Å². The highest BCUT2D eigenvalue weighted by molar-refractivity contribution is 9.10. The Hall–Kier alpha value is -0.690. The van der Waals surface area contributed by atoms with Crippen molar-refractivity contribution in [2.45, 2.75) is 18.6 Å². The fourth-order valence-corrected chi connectivity index (χ4v) is 2.25. The maximum Gasteiger partial charge on any atom is 0.241 e. The molecule has 1 aliphatic heterocycles. The summed E-state index contributed by atoms with van der Waals surface area (Å²) >= 11 is 9.04. The molecule has 1 fully saturated rings. The van der Waals surface area contributed by atoms with Crippen molar-refractivity contribution in [2.75, 3.05) is 19.0 Å². The Kier molecular flexibility index (Phi) is 4.55. The van der Waals surface area contributed by atoms with Gasteiger partial charge in [-0.3, -0.25) is 4.79 Å². The molecule has 2 atom stereocenters. The Bertz CT molecular complexity index is 458. The molecule has 0 aromatic carbocycles. The Labute approximate surface area is 118 Å². The number of aromatic nitrogens is 1. The lowest BCUT2D eigenvalue weighted by Gasteiger charge is -2.11. The van der Waals surface area contributed by atoms with Gasteiger partial charge in [-0.05, 0) is 28.4 Å². The zero-order chi connectivity index (χ0) is 13.1. The molecule has 0 spiro atoms. The highest BCUT2D eigenvalue weighted by Gasteiger charge is 2.29. The van der Waals surface area contributed by atoms with Gasteiger partial charge in [0.2, 0.25) is 5.91 Å². The molecule has 2 N–H and O–H groups in total. The number of anilines is 1. The number of pyridine rings is 1. The number of methoxy groups -OCH3 is 1. The van der Waals surface area contributed by atoms with Crippen molar-refractivity contribution in [1.29, 1.82) is 0 Å². The van der Waals surface area contributed by atoms with Gasteiger partial charge in [-0.2, -0.15) is 0 Å². The fourth-order valence-electron chi connectivity index (χ4n) is 1.80. The number of hydrogen-bond acceptors (Lipinski definition) is 4. The van der Waals surface area contributed by atoms with Crippen LogP contribution in [0.4, 0.5) is 5.69 Å². The van der Waals surface area contributed by atoms with E-state index in [1.807, 2.05) is 0 Å². The second-order valence-electron chi connectivity index (χ2n) is 4.04. The van der Waals surface area contributed by atoms with Gasteiger partial charge in [-0.1, -0.05) is 11.6 Å². The molecule has 2 heterocycles. The molecular formula is C11H13BrClN3O2. The molecule has 98 valence electrons. The molecule has 2 unspecified atom stereocenters. The van der Waals surface area contributed by atoms with Crippen LogP contribution in [0.2, 0.25) is 5.15 Å². The number of ether oxygens (including phenoxy) is 1. The monoisotopic (exact) mass is 333 g/mol. The number of rotatable bonds is 3. The first-order valence-corrected chi connectivity index (χ1v) is 6.65. The molecular weight excluding hydrogens is 321 g/mol. The summed E-state index contributed by atoms with van der Waals surface area (Å²) in [5.74, 6) is -0.0921. The van der Waals surface area contributed by atoms with Crippen LogP contribution in [0.15, 0.2) is 16.7 Å². The molecule has 18 heavy (non-hydrogen) atoms. The van der Waals surface area contributed by atoms with E-state index in [9.17, 15) is 4.79 Å². The van der Waals surface area contributed by atoms with Gasteiger partial charge >= 0.3 is 0 Å². The molecule has 5 nitrogen and oxygen atoms in total. The third-order valence-corrected chi connectivity index (χ3v) is 3.94. The van der Waals surface area contributed by atoms with E-state index in [2.05, 4.69) is 31.5 Å². The molecule has 2 rings (SSSR count). The van der Waals surface area contributed by atoms with Crippen molar-refractivity contribution in [2.24, 2.45) is 0 Å². The minimum Gasteiger partial charge on any atom is -0.380 e. The number of carbonyl (C=O) groups is 1. The predicted octanol–water partition coefficient (Wildman–Crippen LogP) is 1.81. The van der Waals surface area contributed by atoms with Crippen molar-refractivity contribution < 1.29 is 9.53 Å². The van der Waals surface area contributed by atoms with Crippen LogP contribution in [0.5, 0.6) is 0 Å². The molecule has 1 aliphatic rings. The van der Waals surface area contributed by atoms with E-state index < -0.39 is 0 Å². The third-order valence-electron chi connectivity index (χ3n) is 2.80. The molecule has 0 radical (unpaired) electrons. The molecule has 0 aliphatic carbocycles. The SMILES string of the molecule is COC1CNC(C(=O)Nc2cnc(Cl)c(Br)c2)C1. The van der Waals surface area contributed by atoms with Crippen molar-refractivity contribution in [3.05, 3.63) is 21.9 Å². The van der Waals surface area contributed by atoms with E-state index in [4.69, 9.17) is 16.3 Å². The van der Waals surface area contributed by atoms with Crippen LogP contribution in [0.3, 0.4) is 0 Å². The minimum absolute atomic E-state index is 0.0921. The highest BCUT2D eigenvalue weighted by atomic mass is 79.9. The normalized spacial score (nSPS) is 23.1. The number of halogens is 2. The number of nitrogens with one attached hydrogen (secondary N) is 2. The molecule has 7 heteroatoms. The predicted molar refractivity (Wildman–Crippen MR) is 72.8 cm³/mol. The Balaban J connectivity index is 1.97. The average Bonchev–Trinajstić information content (AvgIpc) is 2.82. The molecule has 1 aromatic rings. The Morgan fingerprint density at radius 1 is 1.72 bits per heavy atom. The van der Waals surface area contributed by atoms with Gasteiger partial charge in [0.05, 0.1) is 28.5 Å². The summed E-state index contributed by atoms with van der Waals surface area (Å²) in [6.07, 6.45) is 2.29. The lowest BCUT2D eigenvalue weighted by Crippen LogP contribution is -2.35. The van der Waals surface area contributed by atoms with Crippen LogP contribution in [0.25, 0.3) is 0 Å². The van der Waals surface area contributed by atoms with Crippen LogP contribution in [0, 0.1) is 0 Å². The zero-order valence-electron chi connectivity index (χ0n) is 9.74. The molecule has 1 aromatic heterocycles. The summed E-state index contributed by atoms with van der Waals surface area (Å²) in [4.78, 5) is 15.9. The van der Waals surface area contributed by atoms with Crippen molar-refractivity contribution in [3.8, 4) is 0 Å². The van der Waals surface area contributed by atoms with Crippen LogP contribution in [-0.2, 0) is 9.53 Å². The summed E-state index contributed by atoms with van der Waals surface area (Å²) in [5.41, 5.74) is 0.610. The van der Waals surface area contributed by atoms with Gasteiger partial charge in [0.25, 0.3) is 0 Å². The lowest BCUT2D eigenvalue weighted by atomic mass is 10.2. The first kappa shape index (κ1) is 13.7. The molecule has 1 amide bonds. The largest absolute Gasteiger partial charge is 0.380 e. The maximum atomic E-state index is 12.0. The van der Waals surface area contributed by atoms with Crippen molar-refractivity contribution in [1.82, 2.24) is 10.3 Å². The number of nitrogens with zero attached hydrogens (tertiary/aromatic N) is 1. The summed E-state index contributed by atoms with van der Waals surface area (Å²) in [7, 11) is 1.65. The number of amides is 1. The summed E-state index contributed by atoms with van der Waals surface area (Å²) in [6, 6.07) is 1.49. The summed E-state index contributed by atoms with van der Waals surface area (Å²) in [5, 5.41) is 6.26. The molecule has 0 bridgehead atoms. The highest BCUT2D eigenvalue weighted by Crippen LogP contribution is 2.23. The average molecular weight is 335 g/mol. The van der Waals surface area contributed by atoms with Gasteiger partial charge in [-0.15, -0.1) is 0 Å². The van der Waals surface area contributed by atoms with E-state index in [0.717, 1.165) is 0 Å². The molecule has 0 saturated carbocycles. The van der Waals surface area contributed by atoms with E-state index in [-0.39, 0.29) is 18.1 Å². The van der Waals surface area contributed by atoms with Crippen molar-refractivity contribution >= 4 is 39.1 Å². The van der Waals surface area contributed by atoms with Crippen LogP contribution in [-0.4, -0.2) is 36.7 Å². The fraction of sp³-hybridized carbons (Fsp3) is 0.455. The second kappa shape index (κ2) is 5.97. The Morgan fingerprint density at radius 2 is 2.50 bits per heavy atom. The van der Waals surface area contributed by atoms with Gasteiger partial charge in [0.1, 0.15) is 5.15 Å². The van der Waals surface area contributed by atoms with Gasteiger partial charge < -0.3 is 15.4 Å². The van der Waals surface area contributed by atoms with E-state index in [0.29, 0.717) is 28.3 Å². The van der Waals surface area contributed by atoms with E-state index in [1.165, 1.54) is 6.20 Å². The van der Waals surface area contributed by atoms with E-state index >= 15 is 0 Å². The first-order chi connectivity index (χ1) is 8.60. The Morgan fingerprint density at radius 3 is 3.11 bits per heavy atom. The van der Waals surface area contributed by atoms with E-state index in [1.54, 1.807) is 13.2 Å². The quantitative estimate of drug-likeness (QED) is 0.828. The zero-order valence-corrected chi connectivity index (χ0v) is 12.1. The minimum atomic E-state index is -0.232. The van der Waals surface area contributed by atoms with Crippen molar-refractivity contribution in [3.63, 3.8) is 0 Å². The third kappa shape index (κ3) is 3.20. The standard InChI is InChI=1S/C11H13BrClN3O2/c1-18-7-3-9(14-5-7)11(17)16-6-2-8(12)10(13)15-4-6/h2,4,7,9,14H,3,5H2,1H3,(H,16,17). The topological polar surface area (TPSA) is 63.2 Å². The number of carbonyl (C=O) groups excluding carboxylic acids is 1. The lowest BCUT2D eigenvalue weighted by molar-refractivity contribution is -0.118. The first-order valence-electron chi connectivity index (χ1n) is 5.48. The molecule has 1 saturated heterocycles. The maximum absolute atomic E-state index is 12.0. The van der Waals surface area contributed by atoms with Gasteiger partial charge in [0, 0.05) is 13.7 Å². The van der Waals surface area contributed by atoms with Gasteiger partial charge in [-0.25, -0.2) is 4.98 Å². The summed E-state index contributed by atoms with van der Waals surface area (Å²) in [6.45, 7) is 0.692. The van der Waals surface area contributed by atoms with Crippen LogP contribution < -0.4 is 10.6 Å². The summed E-state index contributed by atoms with van der Waals surface area (Å²) < 4.78 is 5.85. The number of hydrogen-bond donors (Lipinski definition) is 2. The van der Waals surface area contributed by atoms with Crippen LogP contribution in [0.1, 0.15) is 6.42 Å². The second-order valence-corrected chi connectivity index (χ2v) is 5.25. The smallest absolute Gasteiger partial charge is 0.241 e. The van der Waals surface area contributed by atoms with Gasteiger partial charge in [0.15, 0.2) is 0 Å².